The maximum absolute atomic E-state index is 12.3. The van der Waals surface area contributed by atoms with Gasteiger partial charge in [-0.15, -0.1) is 0 Å². The van der Waals surface area contributed by atoms with Crippen LogP contribution >= 0.6 is 0 Å². The standard InChI is InChI=1S/C19H26N4O2/c1-14-5-3-8-18(9-14)25-11-16-6-4-7-17(10-16)22-19(24)15(2)23-13-20-12-21-23/h4,6-7,10,12-15,18H,3,5,8-9,11H2,1-2H3,(H,22,24)/t14-,15+,18+/m1/s1. The van der Waals surface area contributed by atoms with E-state index in [0.29, 0.717) is 12.7 Å². The summed E-state index contributed by atoms with van der Waals surface area (Å²) in [4.78, 5) is 16.2. The Balaban J connectivity index is 1.55. The van der Waals surface area contributed by atoms with E-state index < -0.39 is 6.04 Å². The summed E-state index contributed by atoms with van der Waals surface area (Å²) in [6, 6.07) is 7.42. The molecule has 6 heteroatoms. The zero-order valence-corrected chi connectivity index (χ0v) is 14.9. The number of nitrogens with zero attached hydrogens (tertiary/aromatic N) is 3. The molecule has 0 saturated heterocycles. The van der Waals surface area contributed by atoms with Gasteiger partial charge in [-0.3, -0.25) is 4.79 Å². The van der Waals surface area contributed by atoms with Crippen LogP contribution in [0.1, 0.15) is 51.1 Å². The van der Waals surface area contributed by atoms with E-state index in [9.17, 15) is 4.79 Å². The van der Waals surface area contributed by atoms with E-state index in [4.69, 9.17) is 4.74 Å². The molecule has 0 unspecified atom stereocenters. The number of hydrogen-bond acceptors (Lipinski definition) is 4. The predicted molar refractivity (Wildman–Crippen MR) is 96.0 cm³/mol. The number of aromatic nitrogens is 3. The van der Waals surface area contributed by atoms with Gasteiger partial charge in [-0.05, 0) is 43.4 Å². The number of benzene rings is 1. The number of anilines is 1. The van der Waals surface area contributed by atoms with Crippen molar-refractivity contribution in [2.24, 2.45) is 5.92 Å². The van der Waals surface area contributed by atoms with Crippen LogP contribution in [0.25, 0.3) is 0 Å². The predicted octanol–water partition coefficient (Wildman–Crippen LogP) is 3.57. The number of nitrogens with one attached hydrogen (secondary N) is 1. The SMILES string of the molecule is C[C@@H]1CCC[C@H](OCc2cccc(NC(=O)[C@H](C)n3cncn3)c2)C1. The van der Waals surface area contributed by atoms with Crippen molar-refractivity contribution in [3.05, 3.63) is 42.5 Å². The van der Waals surface area contributed by atoms with Crippen LogP contribution in [-0.4, -0.2) is 26.8 Å². The van der Waals surface area contributed by atoms with E-state index in [1.165, 1.54) is 23.9 Å². The highest BCUT2D eigenvalue weighted by Gasteiger charge is 2.19. The van der Waals surface area contributed by atoms with Crippen LogP contribution < -0.4 is 5.32 Å². The summed E-state index contributed by atoms with van der Waals surface area (Å²) >= 11 is 0. The normalized spacial score (nSPS) is 21.7. The zero-order chi connectivity index (χ0) is 17.6. The maximum Gasteiger partial charge on any atom is 0.249 e. The van der Waals surface area contributed by atoms with E-state index >= 15 is 0 Å². The fraction of sp³-hybridized carbons (Fsp3) is 0.526. The fourth-order valence-corrected chi connectivity index (χ4v) is 3.27. The van der Waals surface area contributed by atoms with Crippen molar-refractivity contribution in [3.63, 3.8) is 0 Å². The topological polar surface area (TPSA) is 69.0 Å². The largest absolute Gasteiger partial charge is 0.374 e. The van der Waals surface area contributed by atoms with E-state index in [1.807, 2.05) is 24.3 Å². The van der Waals surface area contributed by atoms with E-state index in [1.54, 1.807) is 13.3 Å². The summed E-state index contributed by atoms with van der Waals surface area (Å²) in [6.07, 6.45) is 8.18. The van der Waals surface area contributed by atoms with Crippen LogP contribution in [-0.2, 0) is 16.1 Å². The quantitative estimate of drug-likeness (QED) is 0.871. The molecular weight excluding hydrogens is 316 g/mol. The molecule has 134 valence electrons. The van der Waals surface area contributed by atoms with Gasteiger partial charge in [0.2, 0.25) is 5.91 Å². The van der Waals surface area contributed by atoms with Crippen molar-refractivity contribution in [3.8, 4) is 0 Å². The van der Waals surface area contributed by atoms with Gasteiger partial charge < -0.3 is 10.1 Å². The van der Waals surface area contributed by atoms with Crippen LogP contribution in [0.5, 0.6) is 0 Å². The van der Waals surface area contributed by atoms with Crippen molar-refractivity contribution >= 4 is 11.6 Å². The van der Waals surface area contributed by atoms with Crippen LogP contribution in [0.2, 0.25) is 0 Å². The molecule has 1 heterocycles. The van der Waals surface area contributed by atoms with Crippen LogP contribution in [0.15, 0.2) is 36.9 Å². The van der Waals surface area contributed by atoms with Crippen molar-refractivity contribution in [2.75, 3.05) is 5.32 Å². The first-order valence-corrected chi connectivity index (χ1v) is 8.97. The summed E-state index contributed by atoms with van der Waals surface area (Å²) in [5, 5.41) is 6.94. The highest BCUT2D eigenvalue weighted by atomic mass is 16.5. The molecule has 1 amide bonds. The Labute approximate surface area is 148 Å². The molecule has 1 aliphatic rings. The van der Waals surface area contributed by atoms with Crippen LogP contribution in [0.3, 0.4) is 0 Å². The van der Waals surface area contributed by atoms with Crippen LogP contribution in [0.4, 0.5) is 5.69 Å². The number of carbonyl (C=O) groups excluding carboxylic acids is 1. The first kappa shape index (κ1) is 17.6. The van der Waals surface area contributed by atoms with Gasteiger partial charge in [-0.2, -0.15) is 5.10 Å². The molecule has 1 aliphatic carbocycles. The number of amides is 1. The van der Waals surface area contributed by atoms with Crippen LogP contribution in [0, 0.1) is 5.92 Å². The lowest BCUT2D eigenvalue weighted by Crippen LogP contribution is -2.24. The first-order chi connectivity index (χ1) is 12.1. The Morgan fingerprint density at radius 3 is 3.08 bits per heavy atom. The molecule has 1 N–H and O–H groups in total. The molecular formula is C19H26N4O2. The van der Waals surface area contributed by atoms with Gasteiger partial charge in [0.15, 0.2) is 0 Å². The average molecular weight is 342 g/mol. The molecule has 0 bridgehead atoms. The number of carbonyl (C=O) groups is 1. The summed E-state index contributed by atoms with van der Waals surface area (Å²) < 4.78 is 7.60. The van der Waals surface area contributed by atoms with Gasteiger partial charge in [-0.25, -0.2) is 9.67 Å². The maximum atomic E-state index is 12.3. The second-order valence-electron chi connectivity index (χ2n) is 6.95. The molecule has 0 spiro atoms. The fourth-order valence-electron chi connectivity index (χ4n) is 3.27. The van der Waals surface area contributed by atoms with Crippen molar-refractivity contribution in [2.45, 2.75) is 58.3 Å². The van der Waals surface area contributed by atoms with Gasteiger partial charge in [0.05, 0.1) is 12.7 Å². The van der Waals surface area contributed by atoms with Gasteiger partial charge in [0.25, 0.3) is 0 Å². The first-order valence-electron chi connectivity index (χ1n) is 8.97. The van der Waals surface area contributed by atoms with E-state index in [0.717, 1.165) is 30.0 Å². The average Bonchev–Trinajstić information content (AvgIpc) is 3.14. The number of ether oxygens (including phenoxy) is 1. The van der Waals surface area contributed by atoms with Crippen molar-refractivity contribution in [1.82, 2.24) is 14.8 Å². The summed E-state index contributed by atoms with van der Waals surface area (Å²) in [7, 11) is 0. The van der Waals surface area contributed by atoms with E-state index in [-0.39, 0.29) is 5.91 Å². The lowest BCUT2D eigenvalue weighted by molar-refractivity contribution is -0.119. The monoisotopic (exact) mass is 342 g/mol. The molecule has 1 saturated carbocycles. The summed E-state index contributed by atoms with van der Waals surface area (Å²) in [6.45, 7) is 4.67. The Hall–Kier alpha value is -2.21. The molecule has 0 aliphatic heterocycles. The molecule has 3 rings (SSSR count). The lowest BCUT2D eigenvalue weighted by Gasteiger charge is -2.26. The minimum absolute atomic E-state index is 0.121. The smallest absolute Gasteiger partial charge is 0.249 e. The molecule has 1 fully saturated rings. The molecule has 3 atom stereocenters. The van der Waals surface area contributed by atoms with Crippen molar-refractivity contribution in [1.29, 1.82) is 0 Å². The Morgan fingerprint density at radius 1 is 1.44 bits per heavy atom. The Morgan fingerprint density at radius 2 is 2.32 bits per heavy atom. The number of rotatable bonds is 6. The van der Waals surface area contributed by atoms with Gasteiger partial charge in [0, 0.05) is 5.69 Å². The van der Waals surface area contributed by atoms with Gasteiger partial charge in [-0.1, -0.05) is 31.9 Å². The molecule has 25 heavy (non-hydrogen) atoms. The molecule has 1 aromatic heterocycles. The zero-order valence-electron chi connectivity index (χ0n) is 14.9. The molecule has 6 nitrogen and oxygen atoms in total. The third-order valence-electron chi connectivity index (χ3n) is 4.78. The molecule has 0 radical (unpaired) electrons. The highest BCUT2D eigenvalue weighted by molar-refractivity contribution is 5.93. The van der Waals surface area contributed by atoms with Crippen molar-refractivity contribution < 1.29 is 9.53 Å². The molecule has 1 aromatic carbocycles. The van der Waals surface area contributed by atoms with E-state index in [2.05, 4.69) is 22.3 Å². The summed E-state index contributed by atoms with van der Waals surface area (Å²) in [5.74, 6) is 0.632. The Kier molecular flexibility index (Phi) is 5.81. The van der Waals surface area contributed by atoms with Gasteiger partial charge >= 0.3 is 0 Å². The third kappa shape index (κ3) is 4.89. The minimum Gasteiger partial charge on any atom is -0.374 e. The third-order valence-corrected chi connectivity index (χ3v) is 4.78. The number of hydrogen-bond donors (Lipinski definition) is 1. The summed E-state index contributed by atoms with van der Waals surface area (Å²) in [5.41, 5.74) is 1.85. The second kappa shape index (κ2) is 8.25. The minimum atomic E-state index is -0.411. The molecule has 2 aromatic rings. The second-order valence-corrected chi connectivity index (χ2v) is 6.95. The highest BCUT2D eigenvalue weighted by Crippen LogP contribution is 2.26. The lowest BCUT2D eigenvalue weighted by atomic mass is 9.89. The Bertz CT molecular complexity index is 686. The van der Waals surface area contributed by atoms with Gasteiger partial charge in [0.1, 0.15) is 18.7 Å².